The normalized spacial score (nSPS) is 12.4. The van der Waals surface area contributed by atoms with Crippen LogP contribution in [-0.4, -0.2) is 15.7 Å². The van der Waals surface area contributed by atoms with Gasteiger partial charge < -0.3 is 5.73 Å². The summed E-state index contributed by atoms with van der Waals surface area (Å²) in [5.41, 5.74) is 9.62. The van der Waals surface area contributed by atoms with Crippen LogP contribution in [0.15, 0.2) is 41.8 Å². The summed E-state index contributed by atoms with van der Waals surface area (Å²) in [6, 6.07) is 8.35. The van der Waals surface area contributed by atoms with Crippen LogP contribution < -0.4 is 5.73 Å². The minimum Gasteiger partial charge on any atom is -0.323 e. The molecule has 0 radical (unpaired) electrons. The molecular formula is C14H17N3S. The first-order valence-electron chi connectivity index (χ1n) is 5.89. The summed E-state index contributed by atoms with van der Waals surface area (Å²) in [4.78, 5) is 8.51. The van der Waals surface area contributed by atoms with Crippen molar-refractivity contribution in [2.45, 2.75) is 25.0 Å². The molecule has 2 aromatic rings. The number of aromatic nitrogens is 2. The Morgan fingerprint density at radius 1 is 1.06 bits per heavy atom. The van der Waals surface area contributed by atoms with Crippen LogP contribution in [0.4, 0.5) is 0 Å². The largest absolute Gasteiger partial charge is 0.323 e. The lowest BCUT2D eigenvalue weighted by Crippen LogP contribution is -2.13. The van der Waals surface area contributed by atoms with Gasteiger partial charge >= 0.3 is 0 Å². The molecule has 94 valence electrons. The molecule has 1 heterocycles. The summed E-state index contributed by atoms with van der Waals surface area (Å²) in [5, 5.41) is 0.781. The maximum atomic E-state index is 6.15. The van der Waals surface area contributed by atoms with E-state index in [-0.39, 0.29) is 6.04 Å². The maximum absolute atomic E-state index is 6.15. The molecule has 0 aliphatic rings. The minimum absolute atomic E-state index is 0.0144. The van der Waals surface area contributed by atoms with Gasteiger partial charge in [0.2, 0.25) is 0 Å². The average Bonchev–Trinajstić information content (AvgIpc) is 2.38. The van der Waals surface area contributed by atoms with Crippen LogP contribution >= 0.6 is 11.8 Å². The number of benzene rings is 1. The number of aryl methyl sites for hydroxylation is 2. The lowest BCUT2D eigenvalue weighted by atomic mass is 10.1. The molecule has 0 amide bonds. The Balaban J connectivity index is 1.93. The minimum atomic E-state index is 0.0144. The van der Waals surface area contributed by atoms with E-state index in [9.17, 15) is 0 Å². The van der Waals surface area contributed by atoms with Crippen LogP contribution in [0.5, 0.6) is 0 Å². The van der Waals surface area contributed by atoms with Crippen molar-refractivity contribution >= 4 is 11.8 Å². The maximum Gasteiger partial charge on any atom is 0.187 e. The lowest BCUT2D eigenvalue weighted by molar-refractivity contribution is 0.825. The standard InChI is InChI=1S/C14H17N3S/c1-10-3-5-12(6-4-10)13(15)9-18-14-16-7-11(2)8-17-14/h3-8,13H,9,15H2,1-2H3. The molecule has 2 N–H and O–H groups in total. The highest BCUT2D eigenvalue weighted by Crippen LogP contribution is 2.20. The smallest absolute Gasteiger partial charge is 0.187 e. The Kier molecular flexibility index (Phi) is 4.33. The molecule has 0 aliphatic carbocycles. The highest BCUT2D eigenvalue weighted by molar-refractivity contribution is 7.99. The summed E-state index contributed by atoms with van der Waals surface area (Å²) in [7, 11) is 0. The van der Waals surface area contributed by atoms with Crippen molar-refractivity contribution in [2.75, 3.05) is 5.75 Å². The molecule has 1 aromatic heterocycles. The van der Waals surface area contributed by atoms with Gasteiger partial charge in [0.1, 0.15) is 0 Å². The molecule has 18 heavy (non-hydrogen) atoms. The van der Waals surface area contributed by atoms with Gasteiger partial charge in [0.25, 0.3) is 0 Å². The third-order valence-corrected chi connectivity index (χ3v) is 3.65. The van der Waals surface area contributed by atoms with Gasteiger partial charge in [-0.2, -0.15) is 0 Å². The van der Waals surface area contributed by atoms with Crippen molar-refractivity contribution in [3.05, 3.63) is 53.3 Å². The first-order valence-corrected chi connectivity index (χ1v) is 6.87. The second-order valence-corrected chi connectivity index (χ2v) is 5.36. The predicted octanol–water partition coefficient (Wildman–Crippen LogP) is 2.89. The highest BCUT2D eigenvalue weighted by atomic mass is 32.2. The van der Waals surface area contributed by atoms with E-state index >= 15 is 0 Å². The number of hydrogen-bond donors (Lipinski definition) is 1. The third-order valence-electron chi connectivity index (χ3n) is 2.65. The summed E-state index contributed by atoms with van der Waals surface area (Å²) in [5.74, 6) is 0.784. The Morgan fingerprint density at radius 3 is 2.28 bits per heavy atom. The van der Waals surface area contributed by atoms with E-state index in [1.165, 1.54) is 5.56 Å². The molecule has 4 heteroatoms. The highest BCUT2D eigenvalue weighted by Gasteiger charge is 2.07. The molecule has 0 bridgehead atoms. The average molecular weight is 259 g/mol. The van der Waals surface area contributed by atoms with Crippen molar-refractivity contribution in [1.82, 2.24) is 9.97 Å². The summed E-state index contributed by atoms with van der Waals surface area (Å²) >= 11 is 1.59. The van der Waals surface area contributed by atoms with Gasteiger partial charge in [0, 0.05) is 24.2 Å². The number of thioether (sulfide) groups is 1. The number of hydrogen-bond acceptors (Lipinski definition) is 4. The molecule has 0 aliphatic heterocycles. The number of nitrogens with two attached hydrogens (primary N) is 1. The molecule has 3 nitrogen and oxygen atoms in total. The van der Waals surface area contributed by atoms with Crippen LogP contribution in [-0.2, 0) is 0 Å². The number of rotatable bonds is 4. The Hall–Kier alpha value is -1.39. The van der Waals surface area contributed by atoms with Gasteiger partial charge in [-0.25, -0.2) is 9.97 Å². The van der Waals surface area contributed by atoms with Crippen LogP contribution in [0.25, 0.3) is 0 Å². The molecule has 1 atom stereocenters. The van der Waals surface area contributed by atoms with Gasteiger partial charge in [0.05, 0.1) is 0 Å². The monoisotopic (exact) mass is 259 g/mol. The molecule has 0 fully saturated rings. The first-order chi connectivity index (χ1) is 8.65. The van der Waals surface area contributed by atoms with Crippen molar-refractivity contribution < 1.29 is 0 Å². The SMILES string of the molecule is Cc1ccc(C(N)CSc2ncc(C)cn2)cc1. The topological polar surface area (TPSA) is 51.8 Å². The lowest BCUT2D eigenvalue weighted by Gasteiger charge is -2.11. The van der Waals surface area contributed by atoms with Gasteiger partial charge in [-0.3, -0.25) is 0 Å². The van der Waals surface area contributed by atoms with Crippen LogP contribution in [0, 0.1) is 13.8 Å². The fourth-order valence-electron chi connectivity index (χ4n) is 1.53. The Bertz CT molecular complexity index is 493. The van der Waals surface area contributed by atoms with E-state index in [0.717, 1.165) is 22.0 Å². The Morgan fingerprint density at radius 2 is 1.67 bits per heavy atom. The van der Waals surface area contributed by atoms with Crippen molar-refractivity contribution in [1.29, 1.82) is 0 Å². The van der Waals surface area contributed by atoms with Crippen LogP contribution in [0.1, 0.15) is 22.7 Å². The second kappa shape index (κ2) is 5.98. The number of nitrogens with zero attached hydrogens (tertiary/aromatic N) is 2. The van der Waals surface area contributed by atoms with E-state index in [1.54, 1.807) is 11.8 Å². The van der Waals surface area contributed by atoms with Gasteiger partial charge in [-0.15, -0.1) is 0 Å². The molecule has 0 saturated carbocycles. The van der Waals surface area contributed by atoms with E-state index in [4.69, 9.17) is 5.73 Å². The van der Waals surface area contributed by atoms with Gasteiger partial charge in [0.15, 0.2) is 5.16 Å². The fourth-order valence-corrected chi connectivity index (χ4v) is 2.31. The summed E-state index contributed by atoms with van der Waals surface area (Å²) < 4.78 is 0. The van der Waals surface area contributed by atoms with Crippen LogP contribution in [0.2, 0.25) is 0 Å². The molecule has 1 unspecified atom stereocenters. The zero-order valence-electron chi connectivity index (χ0n) is 10.6. The fraction of sp³-hybridized carbons (Fsp3) is 0.286. The zero-order chi connectivity index (χ0) is 13.0. The van der Waals surface area contributed by atoms with E-state index < -0.39 is 0 Å². The van der Waals surface area contributed by atoms with Crippen molar-refractivity contribution in [3.8, 4) is 0 Å². The van der Waals surface area contributed by atoms with Gasteiger partial charge in [-0.05, 0) is 25.0 Å². The van der Waals surface area contributed by atoms with E-state index in [1.807, 2.05) is 19.3 Å². The van der Waals surface area contributed by atoms with E-state index in [2.05, 4.69) is 41.2 Å². The third kappa shape index (κ3) is 3.55. The summed E-state index contributed by atoms with van der Waals surface area (Å²) in [6.07, 6.45) is 3.65. The predicted molar refractivity (Wildman–Crippen MR) is 75.6 cm³/mol. The van der Waals surface area contributed by atoms with Crippen molar-refractivity contribution in [3.63, 3.8) is 0 Å². The van der Waals surface area contributed by atoms with Crippen molar-refractivity contribution in [2.24, 2.45) is 5.73 Å². The quantitative estimate of drug-likeness (QED) is 0.677. The van der Waals surface area contributed by atoms with Crippen LogP contribution in [0.3, 0.4) is 0 Å². The Labute approximate surface area is 112 Å². The zero-order valence-corrected chi connectivity index (χ0v) is 11.4. The molecule has 2 rings (SSSR count). The molecular weight excluding hydrogens is 242 g/mol. The summed E-state index contributed by atoms with van der Waals surface area (Å²) in [6.45, 7) is 4.05. The molecule has 0 saturated heterocycles. The first kappa shape index (κ1) is 13.1. The van der Waals surface area contributed by atoms with E-state index in [0.29, 0.717) is 0 Å². The van der Waals surface area contributed by atoms with Gasteiger partial charge in [-0.1, -0.05) is 41.6 Å². The molecule has 0 spiro atoms. The molecule has 1 aromatic carbocycles. The second-order valence-electron chi connectivity index (χ2n) is 4.37.